The lowest BCUT2D eigenvalue weighted by Crippen LogP contribution is -2.45. The van der Waals surface area contributed by atoms with E-state index in [9.17, 15) is 0 Å². The van der Waals surface area contributed by atoms with E-state index in [0.29, 0.717) is 12.1 Å². The molecule has 0 bridgehead atoms. The van der Waals surface area contributed by atoms with Crippen molar-refractivity contribution >= 4 is 5.57 Å². The van der Waals surface area contributed by atoms with Crippen molar-refractivity contribution in [1.29, 1.82) is 0 Å². The molecule has 0 spiro atoms. The Bertz CT molecular complexity index is 966. The van der Waals surface area contributed by atoms with E-state index in [1.807, 2.05) is 20.9 Å². The van der Waals surface area contributed by atoms with Crippen LogP contribution in [0.1, 0.15) is 144 Å². The largest absolute Gasteiger partial charge is 0.396 e. The molecular weight excluding hydrogens is 540 g/mol. The van der Waals surface area contributed by atoms with E-state index in [4.69, 9.17) is 10.2 Å². The van der Waals surface area contributed by atoms with Crippen LogP contribution in [0, 0.1) is 0 Å². The summed E-state index contributed by atoms with van der Waals surface area (Å²) in [7, 11) is 1.97. The molecule has 254 valence electrons. The van der Waals surface area contributed by atoms with Crippen molar-refractivity contribution in [2.24, 2.45) is 0 Å². The van der Waals surface area contributed by atoms with Crippen molar-refractivity contribution < 1.29 is 10.2 Å². The summed E-state index contributed by atoms with van der Waals surface area (Å²) in [6, 6.07) is 7.91. The van der Waals surface area contributed by atoms with Crippen molar-refractivity contribution in [3.05, 3.63) is 65.3 Å². The number of allylic oxidation sites excluding steroid dienone is 5. The molecule has 0 amide bonds. The number of hydrogen-bond acceptors (Lipinski definition) is 4. The molecule has 44 heavy (non-hydrogen) atoms. The van der Waals surface area contributed by atoms with Crippen LogP contribution in [-0.4, -0.2) is 60.5 Å². The molecule has 0 saturated carbocycles. The number of fused-ring (bicyclic) bond motifs is 1. The van der Waals surface area contributed by atoms with Crippen LogP contribution in [0.4, 0.5) is 0 Å². The van der Waals surface area contributed by atoms with Gasteiger partial charge in [-0.15, -0.1) is 0 Å². The smallest absolute Gasteiger partial charge is 0.0446 e. The summed E-state index contributed by atoms with van der Waals surface area (Å²) in [4.78, 5) is 2.57. The minimum Gasteiger partial charge on any atom is -0.396 e. The van der Waals surface area contributed by atoms with Crippen LogP contribution in [0.25, 0.3) is 5.57 Å². The molecule has 4 nitrogen and oxygen atoms in total. The van der Waals surface area contributed by atoms with Crippen molar-refractivity contribution in [3.63, 3.8) is 0 Å². The van der Waals surface area contributed by atoms with E-state index >= 15 is 0 Å². The number of likely N-dealkylation sites (N-methyl/N-ethyl adjacent to an activating group) is 1. The fraction of sp³-hybridized carbons (Fsp3) is 0.700. The predicted molar refractivity (Wildman–Crippen MR) is 197 cm³/mol. The highest BCUT2D eigenvalue weighted by Crippen LogP contribution is 2.46. The molecule has 0 heterocycles. The molecule has 1 aromatic carbocycles. The van der Waals surface area contributed by atoms with Crippen LogP contribution in [0.2, 0.25) is 0 Å². The maximum absolute atomic E-state index is 9.15. The van der Waals surface area contributed by atoms with Gasteiger partial charge in [0.25, 0.3) is 0 Å². The van der Waals surface area contributed by atoms with Gasteiger partial charge < -0.3 is 15.5 Å². The Hall–Kier alpha value is -1.72. The summed E-state index contributed by atoms with van der Waals surface area (Å²) in [6.07, 6.45) is 16.5. The molecule has 4 heteroatoms. The summed E-state index contributed by atoms with van der Waals surface area (Å²) < 4.78 is 0. The minimum absolute atomic E-state index is 0.238. The Morgan fingerprint density at radius 2 is 1.52 bits per heavy atom. The van der Waals surface area contributed by atoms with Gasteiger partial charge in [-0.2, -0.15) is 0 Å². The van der Waals surface area contributed by atoms with Gasteiger partial charge in [0.05, 0.1) is 0 Å². The minimum atomic E-state index is 0.238. The summed E-state index contributed by atoms with van der Waals surface area (Å²) in [5, 5.41) is 21.4. The van der Waals surface area contributed by atoms with Gasteiger partial charge in [-0.3, -0.25) is 4.90 Å². The van der Waals surface area contributed by atoms with Gasteiger partial charge in [-0.1, -0.05) is 117 Å². The van der Waals surface area contributed by atoms with E-state index in [1.54, 1.807) is 0 Å². The Morgan fingerprint density at radius 3 is 2.02 bits per heavy atom. The van der Waals surface area contributed by atoms with Crippen molar-refractivity contribution in [2.75, 3.05) is 33.4 Å². The first-order valence-corrected chi connectivity index (χ1v) is 17.7. The molecule has 0 fully saturated rings. The van der Waals surface area contributed by atoms with E-state index in [-0.39, 0.29) is 24.0 Å². The summed E-state index contributed by atoms with van der Waals surface area (Å²) >= 11 is 0. The lowest BCUT2D eigenvalue weighted by Gasteiger charge is -2.42. The molecule has 1 atom stereocenters. The third-order valence-electron chi connectivity index (χ3n) is 8.90. The second-order valence-electron chi connectivity index (χ2n) is 13.8. The van der Waals surface area contributed by atoms with Gasteiger partial charge in [-0.05, 0) is 105 Å². The van der Waals surface area contributed by atoms with E-state index in [1.165, 1.54) is 60.8 Å². The van der Waals surface area contributed by atoms with E-state index in [0.717, 1.165) is 37.9 Å². The maximum Gasteiger partial charge on any atom is 0.0446 e. The van der Waals surface area contributed by atoms with Gasteiger partial charge in [0.15, 0.2) is 0 Å². The zero-order valence-electron chi connectivity index (χ0n) is 30.9. The van der Waals surface area contributed by atoms with Gasteiger partial charge in [0.1, 0.15) is 0 Å². The highest BCUT2D eigenvalue weighted by atomic mass is 16.3. The Morgan fingerprint density at radius 1 is 0.932 bits per heavy atom. The highest BCUT2D eigenvalue weighted by molar-refractivity contribution is 5.73. The molecule has 1 unspecified atom stereocenters. The van der Waals surface area contributed by atoms with E-state index in [2.05, 4.69) is 109 Å². The average molecular weight is 613 g/mol. The summed E-state index contributed by atoms with van der Waals surface area (Å²) in [6.45, 7) is 29.0. The Kier molecular flexibility index (Phi) is 21.8. The lowest BCUT2D eigenvalue weighted by molar-refractivity contribution is 0.142. The fourth-order valence-corrected chi connectivity index (χ4v) is 6.03. The molecule has 3 N–H and O–H groups in total. The first-order valence-electron chi connectivity index (χ1n) is 17.7. The van der Waals surface area contributed by atoms with Crippen molar-refractivity contribution in [3.8, 4) is 0 Å². The number of benzene rings is 1. The van der Waals surface area contributed by atoms with Crippen molar-refractivity contribution in [1.82, 2.24) is 10.2 Å². The SMILES string of the molecule is C=C(/C=C\C=C(C)C)c1ccc2c(c1)C(C)(C)CCC2(C)C.CC.CCCC(CCC)N(CCCCO)CC(CCO)NC. The second-order valence-corrected chi connectivity index (χ2v) is 13.8. The molecule has 0 aromatic heterocycles. The summed E-state index contributed by atoms with van der Waals surface area (Å²) in [5.41, 5.74) is 7.17. The number of rotatable bonds is 17. The third kappa shape index (κ3) is 15.0. The zero-order valence-corrected chi connectivity index (χ0v) is 30.9. The predicted octanol–water partition coefficient (Wildman–Crippen LogP) is 9.60. The van der Waals surface area contributed by atoms with Crippen LogP contribution in [0.3, 0.4) is 0 Å². The number of nitrogens with zero attached hydrogens (tertiary/aromatic N) is 1. The Labute approximate surface area is 274 Å². The molecule has 0 radical (unpaired) electrons. The molecular formula is C40H72N2O2. The number of aliphatic hydroxyl groups excluding tert-OH is 2. The molecule has 0 aliphatic heterocycles. The molecule has 0 saturated heterocycles. The first kappa shape index (κ1) is 42.3. The Balaban J connectivity index is 0.000000800. The standard InChI is InChI=1S/C22H30.C16H36N2O2.C2H6/c1-16(2)9-8-10-17(3)18-11-12-19-20(15-18)22(6,7)14-13-21(19,4)5;1-4-8-16(9-5-2)18(11-6-7-12-19)14-15(17-3)10-13-20;1-2/h8-12,15H,3,13-14H2,1-2,4-7H3;15-17,19-20H,4-14H2,1-3H3;1-2H3/b10-8-;;. The summed E-state index contributed by atoms with van der Waals surface area (Å²) in [5.74, 6) is 0. The lowest BCUT2D eigenvalue weighted by atomic mass is 9.63. The first-order chi connectivity index (χ1) is 20.9. The number of aliphatic hydroxyl groups is 2. The topological polar surface area (TPSA) is 55.7 Å². The quantitative estimate of drug-likeness (QED) is 0.121. The van der Waals surface area contributed by atoms with Gasteiger partial charge in [0, 0.05) is 31.8 Å². The molecule has 1 aromatic rings. The van der Waals surface area contributed by atoms with Crippen LogP contribution in [-0.2, 0) is 10.8 Å². The molecule has 1 aliphatic rings. The van der Waals surface area contributed by atoms with Gasteiger partial charge in [-0.25, -0.2) is 0 Å². The number of nitrogens with one attached hydrogen (secondary N) is 1. The molecule has 1 aliphatic carbocycles. The van der Waals surface area contributed by atoms with Crippen molar-refractivity contribution in [2.45, 2.75) is 150 Å². The zero-order chi connectivity index (χ0) is 33.8. The van der Waals surface area contributed by atoms with Crippen LogP contribution < -0.4 is 5.32 Å². The average Bonchev–Trinajstić information content (AvgIpc) is 2.99. The van der Waals surface area contributed by atoms with Crippen LogP contribution >= 0.6 is 0 Å². The second kappa shape index (κ2) is 22.7. The fourth-order valence-electron chi connectivity index (χ4n) is 6.03. The highest BCUT2D eigenvalue weighted by Gasteiger charge is 2.36. The molecule has 2 rings (SSSR count). The van der Waals surface area contributed by atoms with Gasteiger partial charge >= 0.3 is 0 Å². The van der Waals surface area contributed by atoms with E-state index < -0.39 is 0 Å². The monoisotopic (exact) mass is 613 g/mol. The van der Waals surface area contributed by atoms with Gasteiger partial charge in [0.2, 0.25) is 0 Å². The van der Waals surface area contributed by atoms with Crippen LogP contribution in [0.5, 0.6) is 0 Å². The number of hydrogen-bond donors (Lipinski definition) is 3. The maximum atomic E-state index is 9.15. The van der Waals surface area contributed by atoms with Crippen LogP contribution in [0.15, 0.2) is 48.6 Å². The third-order valence-corrected chi connectivity index (χ3v) is 8.90. The number of unbranched alkanes of at least 4 members (excludes halogenated alkanes) is 1. The normalized spacial score (nSPS) is 15.6.